The molecule has 27 heteroatoms. The number of fused-ring (bicyclic) bond motifs is 1. The van der Waals surface area contributed by atoms with E-state index in [1.165, 1.54) is 24.3 Å². The summed E-state index contributed by atoms with van der Waals surface area (Å²) < 4.78 is 144. The molecule has 0 saturated heterocycles. The van der Waals surface area contributed by atoms with E-state index in [0.29, 0.717) is 35.9 Å². The molecule has 1 aromatic heterocycles. The molecule has 0 radical (unpaired) electrons. The van der Waals surface area contributed by atoms with Crippen molar-refractivity contribution in [3.05, 3.63) is 139 Å². The molecule has 0 amide bonds. The quantitative estimate of drug-likeness (QED) is 0.0349. The van der Waals surface area contributed by atoms with Crippen molar-refractivity contribution >= 4 is 97.3 Å². The number of anilines is 4. The van der Waals surface area contributed by atoms with Crippen molar-refractivity contribution in [1.82, 2.24) is 15.0 Å². The summed E-state index contributed by atoms with van der Waals surface area (Å²) in [4.78, 5) is 8.03. The summed E-state index contributed by atoms with van der Waals surface area (Å²) >= 11 is 0. The fourth-order valence-electron chi connectivity index (χ4n) is 7.34. The monoisotopic (exact) mass is 1070 g/mol. The van der Waals surface area contributed by atoms with Crippen LogP contribution in [-0.4, -0.2) is 77.0 Å². The molecule has 23 nitrogen and oxygen atoms in total. The zero-order valence-electron chi connectivity index (χ0n) is 37.5. The summed E-state index contributed by atoms with van der Waals surface area (Å²) in [5.74, 6) is -2.04. The molecule has 1 heterocycles. The Balaban J connectivity index is 1.34. The zero-order valence-corrected chi connectivity index (χ0v) is 40.8. The summed E-state index contributed by atoms with van der Waals surface area (Å²) in [6.07, 6.45) is 0.323. The number of rotatable bonds is 15. The first kappa shape index (κ1) is 51.2. The number of nitrogens with one attached hydrogen (secondary N) is 2. The van der Waals surface area contributed by atoms with Crippen molar-refractivity contribution in [2.75, 3.05) is 10.6 Å². The maximum Gasteiger partial charge on any atom is 0.320 e. The fourth-order valence-corrected chi connectivity index (χ4v) is 10.1. The van der Waals surface area contributed by atoms with Crippen LogP contribution in [0.15, 0.2) is 167 Å². The minimum Gasteiger partial charge on any atom is -0.505 e. The Hall–Kier alpha value is -8.15. The van der Waals surface area contributed by atoms with Crippen LogP contribution in [0.4, 0.5) is 46.0 Å². The second kappa shape index (κ2) is 19.8. The topological polar surface area (TPSA) is 370 Å². The minimum atomic E-state index is -5.47. The van der Waals surface area contributed by atoms with Crippen LogP contribution in [0, 0.1) is 6.92 Å². The molecular weight excluding hydrogens is 1030 g/mol. The number of hydrogen-bond acceptors (Lipinski definition) is 19. The van der Waals surface area contributed by atoms with Gasteiger partial charge in [-0.25, -0.2) is 0 Å². The van der Waals surface area contributed by atoms with Crippen molar-refractivity contribution in [2.45, 2.75) is 39.9 Å². The number of phenolic OH excluding ortho intramolecular Hbond substituents is 1. The standard InChI is InChI=1S/C46H37N9O14S4/c1-3-26-11-19-33(35(21-26)70(58,59)60)34-20-18-32(24-36(34)71(61,62)63)53-55-41-38(73(67,68)69)23-29-22-37(72(64,65)66)40(54-52-31-16-14-28(15-17-31)27-12-9-25(2)10-13-27)42(39(29)43(41)56)48-45-49-44(50-46(57)51-45)47-30-7-5-4-6-8-30/h4-24,56H,3H2,1-2H3,(H,58,59,60)(H,61,62,63)(H,64,65,66)(H,67,68,69)(H3,47,48,49,50,51,57)/b54-52+,55-53+. The van der Waals surface area contributed by atoms with E-state index in [1.807, 2.05) is 31.2 Å². The molecule has 8 aromatic rings. The third-order valence-corrected chi connectivity index (χ3v) is 14.3. The minimum absolute atomic E-state index is 0.137. The van der Waals surface area contributed by atoms with Gasteiger partial charge in [0.15, 0.2) is 5.75 Å². The number of hydrogen-bond donors (Lipinski definition) is 8. The molecule has 0 aliphatic rings. The van der Waals surface area contributed by atoms with E-state index in [2.05, 4.69) is 46.0 Å². The van der Waals surface area contributed by atoms with Gasteiger partial charge in [0.1, 0.15) is 31.0 Å². The Kier molecular flexibility index (Phi) is 13.9. The predicted octanol–water partition coefficient (Wildman–Crippen LogP) is 9.95. The first-order valence-electron chi connectivity index (χ1n) is 21.0. The lowest BCUT2D eigenvalue weighted by molar-refractivity contribution is 0.430. The van der Waals surface area contributed by atoms with Gasteiger partial charge in [0.05, 0.1) is 22.4 Å². The molecule has 0 aliphatic carbocycles. The molecule has 8 rings (SSSR count). The van der Waals surface area contributed by atoms with E-state index < -0.39 is 117 Å². The first-order valence-corrected chi connectivity index (χ1v) is 26.7. The van der Waals surface area contributed by atoms with Gasteiger partial charge in [-0.15, -0.1) is 10.2 Å². The summed E-state index contributed by atoms with van der Waals surface area (Å²) in [6, 6.07) is 29.4. The van der Waals surface area contributed by atoms with Crippen molar-refractivity contribution < 1.29 is 62.1 Å². The van der Waals surface area contributed by atoms with Crippen molar-refractivity contribution in [3.63, 3.8) is 0 Å². The molecule has 0 unspecified atom stereocenters. The van der Waals surface area contributed by atoms with Gasteiger partial charge in [-0.2, -0.15) is 58.9 Å². The molecule has 0 spiro atoms. The highest BCUT2D eigenvalue weighted by atomic mass is 32.2. The lowest BCUT2D eigenvalue weighted by Gasteiger charge is -2.17. The van der Waals surface area contributed by atoms with E-state index in [1.54, 1.807) is 49.4 Å². The Morgan fingerprint density at radius 3 is 1.58 bits per heavy atom. The summed E-state index contributed by atoms with van der Waals surface area (Å²) in [5.41, 5.74) is -0.0375. The lowest BCUT2D eigenvalue weighted by atomic mass is 10.0. The van der Waals surface area contributed by atoms with E-state index >= 15 is 0 Å². The van der Waals surface area contributed by atoms with Gasteiger partial charge in [0, 0.05) is 16.8 Å². The maximum absolute atomic E-state index is 13.2. The van der Waals surface area contributed by atoms with Crippen LogP contribution in [0.1, 0.15) is 18.1 Å². The van der Waals surface area contributed by atoms with Crippen LogP contribution < -0.4 is 10.6 Å². The third kappa shape index (κ3) is 11.5. The molecule has 374 valence electrons. The predicted molar refractivity (Wildman–Crippen MR) is 266 cm³/mol. The molecular formula is C46H37N9O14S4. The average Bonchev–Trinajstić information content (AvgIpc) is 3.32. The maximum atomic E-state index is 13.2. The van der Waals surface area contributed by atoms with E-state index in [9.17, 15) is 62.1 Å². The van der Waals surface area contributed by atoms with E-state index in [0.717, 1.165) is 34.9 Å². The Morgan fingerprint density at radius 2 is 1.00 bits per heavy atom. The highest BCUT2D eigenvalue weighted by Gasteiger charge is 2.30. The van der Waals surface area contributed by atoms with E-state index in [4.69, 9.17) is 0 Å². The molecule has 0 saturated carbocycles. The number of aromatic nitrogens is 3. The smallest absolute Gasteiger partial charge is 0.320 e. The zero-order chi connectivity index (χ0) is 52.6. The molecule has 73 heavy (non-hydrogen) atoms. The average molecular weight is 1070 g/mol. The number of azo groups is 2. The third-order valence-electron chi connectivity index (χ3n) is 10.8. The van der Waals surface area contributed by atoms with Crippen molar-refractivity contribution in [1.29, 1.82) is 0 Å². The molecule has 0 fully saturated rings. The Morgan fingerprint density at radius 1 is 0.507 bits per heavy atom. The SMILES string of the molecule is CCc1ccc(-c2ccc(/N=N/c3c(S(=O)(=O)O)cc4cc(S(=O)(=O)O)c(/N=N/c5ccc(-c6ccc(C)cc6)cc5)c(Nc5nc(O)nc(Nc6ccccc6)n5)c4c3O)cc2S(=O)(=O)O)c(S(=O)(=O)O)c1. The van der Waals surface area contributed by atoms with Gasteiger partial charge in [-0.3, -0.25) is 18.2 Å². The Labute approximate surface area is 415 Å². The number of nitrogens with zero attached hydrogens (tertiary/aromatic N) is 7. The largest absolute Gasteiger partial charge is 0.505 e. The second-order valence-electron chi connectivity index (χ2n) is 15.7. The number of para-hydroxylation sites is 1. The molecule has 0 bridgehead atoms. The van der Waals surface area contributed by atoms with Gasteiger partial charge in [-0.1, -0.05) is 85.3 Å². The van der Waals surface area contributed by atoms with Gasteiger partial charge < -0.3 is 20.8 Å². The highest BCUT2D eigenvalue weighted by molar-refractivity contribution is 7.87. The molecule has 0 aliphatic heterocycles. The van der Waals surface area contributed by atoms with Gasteiger partial charge in [-0.05, 0) is 90.0 Å². The molecule has 0 atom stereocenters. The second-order valence-corrected chi connectivity index (χ2v) is 21.3. The summed E-state index contributed by atoms with van der Waals surface area (Å²) in [6.45, 7) is 3.62. The molecule has 8 N–H and O–H groups in total. The summed E-state index contributed by atoms with van der Waals surface area (Å²) in [5, 5.41) is 43.2. The summed E-state index contributed by atoms with van der Waals surface area (Å²) in [7, 11) is -21.1. The van der Waals surface area contributed by atoms with Crippen LogP contribution in [0.5, 0.6) is 11.8 Å². The van der Waals surface area contributed by atoms with Crippen LogP contribution in [0.2, 0.25) is 0 Å². The number of benzene rings is 7. The van der Waals surface area contributed by atoms with Crippen LogP contribution in [0.3, 0.4) is 0 Å². The first-order chi connectivity index (χ1) is 34.4. The van der Waals surface area contributed by atoms with Crippen LogP contribution in [-0.2, 0) is 46.9 Å². The van der Waals surface area contributed by atoms with Crippen LogP contribution in [0.25, 0.3) is 33.0 Å². The van der Waals surface area contributed by atoms with Gasteiger partial charge in [0.2, 0.25) is 11.9 Å². The van der Waals surface area contributed by atoms with Crippen molar-refractivity contribution in [2.24, 2.45) is 20.5 Å². The number of aryl methyl sites for hydroxylation is 2. The number of aromatic hydroxyl groups is 2. The fraction of sp³-hybridized carbons (Fsp3) is 0.0652. The van der Waals surface area contributed by atoms with Gasteiger partial charge in [0.25, 0.3) is 40.5 Å². The van der Waals surface area contributed by atoms with Crippen LogP contribution >= 0.6 is 0 Å². The van der Waals surface area contributed by atoms with Crippen molar-refractivity contribution in [3.8, 4) is 34.0 Å². The van der Waals surface area contributed by atoms with E-state index in [-0.39, 0.29) is 17.2 Å². The normalized spacial score (nSPS) is 12.5. The molecule has 7 aromatic carbocycles. The number of phenols is 1. The highest BCUT2D eigenvalue weighted by Crippen LogP contribution is 2.50. The van der Waals surface area contributed by atoms with Gasteiger partial charge >= 0.3 is 6.01 Å². The lowest BCUT2D eigenvalue weighted by Crippen LogP contribution is -2.07. The Bertz CT molecular complexity index is 4040.